The van der Waals surface area contributed by atoms with Crippen LogP contribution < -0.4 is 0 Å². The third kappa shape index (κ3) is 2.60. The summed E-state index contributed by atoms with van der Waals surface area (Å²) in [6, 6.07) is 8.70. The second kappa shape index (κ2) is 5.28. The summed E-state index contributed by atoms with van der Waals surface area (Å²) in [6.45, 7) is 17.7. The molecule has 0 radical (unpaired) electrons. The Labute approximate surface area is 148 Å². The zero-order chi connectivity index (χ0) is 18.1. The van der Waals surface area contributed by atoms with E-state index >= 15 is 0 Å². The average Bonchev–Trinajstić information content (AvgIpc) is 3.13. The number of aryl methyl sites for hydroxylation is 1. The molecule has 2 aliphatic rings. The van der Waals surface area contributed by atoms with E-state index in [4.69, 9.17) is 4.43 Å². The molecule has 4 atom stereocenters. The largest absolute Gasteiger partial charge is 0.413 e. The number of hydrogen-bond acceptors (Lipinski definition) is 2. The maximum atomic E-state index is 13.0. The molecule has 2 nitrogen and oxygen atoms in total. The van der Waals surface area contributed by atoms with Crippen molar-refractivity contribution in [3.63, 3.8) is 0 Å². The Morgan fingerprint density at radius 3 is 2.08 bits per heavy atom. The fraction of sp³-hybridized carbons (Fsp3) is 0.667. The van der Waals surface area contributed by atoms with E-state index in [1.807, 2.05) is 0 Å². The summed E-state index contributed by atoms with van der Waals surface area (Å²) < 4.78 is 6.80. The maximum absolute atomic E-state index is 13.0. The molecule has 3 rings (SSSR count). The highest BCUT2D eigenvalue weighted by Crippen LogP contribution is 2.67. The molecule has 0 N–H and O–H groups in total. The van der Waals surface area contributed by atoms with Crippen molar-refractivity contribution in [3.8, 4) is 0 Å². The van der Waals surface area contributed by atoms with Gasteiger partial charge in [0.15, 0.2) is 8.32 Å². The lowest BCUT2D eigenvalue weighted by Gasteiger charge is -2.42. The summed E-state index contributed by atoms with van der Waals surface area (Å²) in [5.74, 6) is 1.30. The standard InChI is InChI=1S/C21H32O2Si/c1-13-9-11-14(12-10-13)15-16-17(15)19(21(5,6)18(16)22)23-24(7,8)20(2,3)4/h9-12,15-17,19H,1-8H3/t15-,16-,17+,19+/m0/s1. The first-order valence-electron chi connectivity index (χ1n) is 9.16. The Balaban J connectivity index is 1.88. The molecule has 24 heavy (non-hydrogen) atoms. The molecule has 2 aliphatic carbocycles. The molecule has 0 unspecified atom stereocenters. The topological polar surface area (TPSA) is 26.3 Å². The van der Waals surface area contributed by atoms with Crippen LogP contribution in [0.5, 0.6) is 0 Å². The molecule has 2 fully saturated rings. The van der Waals surface area contributed by atoms with Gasteiger partial charge in [-0.3, -0.25) is 4.79 Å². The Hall–Kier alpha value is -0.933. The van der Waals surface area contributed by atoms with Crippen LogP contribution >= 0.6 is 0 Å². The minimum atomic E-state index is -1.90. The molecule has 0 spiro atoms. The summed E-state index contributed by atoms with van der Waals surface area (Å²) in [5, 5.41) is 0.165. The van der Waals surface area contributed by atoms with Crippen molar-refractivity contribution in [2.45, 2.75) is 71.7 Å². The van der Waals surface area contributed by atoms with Gasteiger partial charge in [-0.25, -0.2) is 0 Å². The number of carbonyl (C=O) groups is 1. The van der Waals surface area contributed by atoms with Gasteiger partial charge >= 0.3 is 0 Å². The molecule has 1 aromatic carbocycles. The van der Waals surface area contributed by atoms with Gasteiger partial charge < -0.3 is 4.43 Å². The highest BCUT2D eigenvalue weighted by atomic mass is 28.4. The normalized spacial score (nSPS) is 31.9. The second-order valence-corrected chi connectivity index (χ2v) is 14.7. The molecule has 3 heteroatoms. The molecule has 0 aromatic heterocycles. The first kappa shape index (κ1) is 17.9. The van der Waals surface area contributed by atoms with Gasteiger partial charge in [0.25, 0.3) is 0 Å². The molecule has 2 saturated carbocycles. The fourth-order valence-corrected chi connectivity index (χ4v) is 5.48. The molecular weight excluding hydrogens is 312 g/mol. The highest BCUT2D eigenvalue weighted by Gasteiger charge is 2.71. The lowest BCUT2D eigenvalue weighted by Crippen LogP contribution is -2.49. The highest BCUT2D eigenvalue weighted by molar-refractivity contribution is 6.74. The van der Waals surface area contributed by atoms with Crippen LogP contribution in [-0.4, -0.2) is 20.2 Å². The zero-order valence-electron chi connectivity index (χ0n) is 16.4. The molecule has 0 aliphatic heterocycles. The van der Waals surface area contributed by atoms with Crippen molar-refractivity contribution in [3.05, 3.63) is 35.4 Å². The van der Waals surface area contributed by atoms with Gasteiger partial charge in [-0.2, -0.15) is 0 Å². The van der Waals surface area contributed by atoms with Crippen LogP contribution in [0.2, 0.25) is 18.1 Å². The van der Waals surface area contributed by atoms with E-state index in [0.717, 1.165) is 0 Å². The van der Waals surface area contributed by atoms with E-state index < -0.39 is 8.32 Å². The molecule has 1 aromatic rings. The SMILES string of the molecule is Cc1ccc([C@H]2[C@@H]3C(=O)C(C)(C)[C@H](O[Si](C)(C)C(C)(C)C)[C@@H]32)cc1. The smallest absolute Gasteiger partial charge is 0.192 e. The molecule has 132 valence electrons. The van der Waals surface area contributed by atoms with Crippen LogP contribution in [-0.2, 0) is 9.22 Å². The Morgan fingerprint density at radius 2 is 1.58 bits per heavy atom. The number of fused-ring (bicyclic) bond motifs is 1. The van der Waals surface area contributed by atoms with Crippen molar-refractivity contribution in [1.29, 1.82) is 0 Å². The predicted octanol–water partition coefficient (Wildman–Crippen LogP) is 5.32. The molecule has 0 saturated heterocycles. The van der Waals surface area contributed by atoms with Gasteiger partial charge in [0.2, 0.25) is 0 Å². The van der Waals surface area contributed by atoms with E-state index in [1.165, 1.54) is 11.1 Å². The Bertz CT molecular complexity index is 651. The summed E-state index contributed by atoms with van der Waals surface area (Å²) >= 11 is 0. The van der Waals surface area contributed by atoms with Crippen molar-refractivity contribution in [2.75, 3.05) is 0 Å². The molecule has 0 heterocycles. The molecule has 0 amide bonds. The van der Waals surface area contributed by atoms with Gasteiger partial charge in [-0.15, -0.1) is 0 Å². The second-order valence-electron chi connectivity index (χ2n) is 9.92. The van der Waals surface area contributed by atoms with Crippen LogP contribution in [0.3, 0.4) is 0 Å². The van der Waals surface area contributed by atoms with Crippen molar-refractivity contribution < 1.29 is 9.22 Å². The Morgan fingerprint density at radius 1 is 1.04 bits per heavy atom. The van der Waals surface area contributed by atoms with Crippen LogP contribution in [0.25, 0.3) is 0 Å². The molecule has 0 bridgehead atoms. The predicted molar refractivity (Wildman–Crippen MR) is 102 cm³/mol. The monoisotopic (exact) mass is 344 g/mol. The number of hydrogen-bond donors (Lipinski definition) is 0. The summed E-state index contributed by atoms with van der Waals surface area (Å²) in [4.78, 5) is 13.0. The maximum Gasteiger partial charge on any atom is 0.192 e. The number of ketones is 1. The molecular formula is C21H32O2Si. The van der Waals surface area contributed by atoms with Crippen LogP contribution in [0.15, 0.2) is 24.3 Å². The third-order valence-corrected chi connectivity index (χ3v) is 11.2. The Kier molecular flexibility index (Phi) is 3.93. The van der Waals surface area contributed by atoms with Gasteiger partial charge in [0.1, 0.15) is 5.78 Å². The minimum Gasteiger partial charge on any atom is -0.413 e. The van der Waals surface area contributed by atoms with E-state index in [9.17, 15) is 4.79 Å². The number of Topliss-reactive ketones (excluding diaryl/α,β-unsaturated/α-hetero) is 1. The van der Waals surface area contributed by atoms with Gasteiger partial charge in [-0.05, 0) is 36.5 Å². The van der Waals surface area contributed by atoms with E-state index in [0.29, 0.717) is 17.6 Å². The summed E-state index contributed by atoms with van der Waals surface area (Å²) in [6.07, 6.45) is 0.0576. The summed E-state index contributed by atoms with van der Waals surface area (Å²) in [7, 11) is -1.90. The number of benzene rings is 1. The van der Waals surface area contributed by atoms with Gasteiger partial charge in [-0.1, -0.05) is 64.4 Å². The van der Waals surface area contributed by atoms with Crippen LogP contribution in [0.4, 0.5) is 0 Å². The van der Waals surface area contributed by atoms with Crippen LogP contribution in [0.1, 0.15) is 51.7 Å². The zero-order valence-corrected chi connectivity index (χ0v) is 17.4. The van der Waals surface area contributed by atoms with Crippen LogP contribution in [0, 0.1) is 24.2 Å². The van der Waals surface area contributed by atoms with E-state index in [2.05, 4.69) is 78.9 Å². The summed E-state index contributed by atoms with van der Waals surface area (Å²) in [5.41, 5.74) is 2.22. The number of rotatable bonds is 3. The number of carbonyl (C=O) groups excluding carboxylic acids is 1. The first-order chi connectivity index (χ1) is 10.9. The average molecular weight is 345 g/mol. The van der Waals surface area contributed by atoms with Crippen molar-refractivity contribution >= 4 is 14.1 Å². The lowest BCUT2D eigenvalue weighted by molar-refractivity contribution is -0.129. The first-order valence-corrected chi connectivity index (χ1v) is 12.1. The van der Waals surface area contributed by atoms with Crippen molar-refractivity contribution in [1.82, 2.24) is 0 Å². The lowest BCUT2D eigenvalue weighted by atomic mass is 9.81. The quantitative estimate of drug-likeness (QED) is 0.693. The van der Waals surface area contributed by atoms with Gasteiger partial charge in [0.05, 0.1) is 6.10 Å². The minimum absolute atomic E-state index is 0.0576. The van der Waals surface area contributed by atoms with Crippen molar-refractivity contribution in [2.24, 2.45) is 17.3 Å². The third-order valence-electron chi connectivity index (χ3n) is 6.76. The van der Waals surface area contributed by atoms with E-state index in [-0.39, 0.29) is 22.5 Å². The van der Waals surface area contributed by atoms with Gasteiger partial charge in [0, 0.05) is 17.3 Å². The van der Waals surface area contributed by atoms with E-state index in [1.54, 1.807) is 0 Å². The fourth-order valence-electron chi connectivity index (χ4n) is 4.04.